The average Bonchev–Trinajstić information content (AvgIpc) is 2.85. The predicted octanol–water partition coefficient (Wildman–Crippen LogP) is 2.26. The molecule has 0 N–H and O–H groups in total. The van der Waals surface area contributed by atoms with E-state index in [0.717, 1.165) is 24.7 Å². The summed E-state index contributed by atoms with van der Waals surface area (Å²) in [6, 6.07) is 0.669. The van der Waals surface area contributed by atoms with Gasteiger partial charge in [-0.05, 0) is 20.0 Å². The number of likely N-dealkylation sites (N-methyl/N-ethyl adjacent to an activating group) is 1. The van der Waals surface area contributed by atoms with Crippen LogP contribution >= 0.6 is 22.9 Å². The molecule has 2 heterocycles. The number of likely N-dealkylation sites (tertiary alicyclic amines) is 1. The van der Waals surface area contributed by atoms with Crippen molar-refractivity contribution in [3.05, 3.63) is 16.1 Å². The Kier molecular flexibility index (Phi) is 4.42. The van der Waals surface area contributed by atoms with Gasteiger partial charge < -0.3 is 4.90 Å². The van der Waals surface area contributed by atoms with Crippen molar-refractivity contribution in [1.82, 2.24) is 14.8 Å². The fourth-order valence-corrected chi connectivity index (χ4v) is 3.59. The topological polar surface area (TPSA) is 19.4 Å². The van der Waals surface area contributed by atoms with Crippen LogP contribution in [0.5, 0.6) is 0 Å². The second-order valence-corrected chi connectivity index (χ2v) is 6.28. The molecule has 0 aromatic carbocycles. The van der Waals surface area contributed by atoms with Gasteiger partial charge in [0.05, 0.1) is 18.1 Å². The van der Waals surface area contributed by atoms with Gasteiger partial charge in [0.2, 0.25) is 0 Å². The zero-order valence-corrected chi connectivity index (χ0v) is 12.3. The minimum absolute atomic E-state index is 0.521. The minimum Gasteiger partial charge on any atom is -0.305 e. The van der Waals surface area contributed by atoms with E-state index < -0.39 is 0 Å². The molecule has 0 amide bonds. The van der Waals surface area contributed by atoms with E-state index in [1.54, 1.807) is 11.3 Å². The number of rotatable bonds is 4. The van der Waals surface area contributed by atoms with Gasteiger partial charge in [-0.3, -0.25) is 4.90 Å². The summed E-state index contributed by atoms with van der Waals surface area (Å²) >= 11 is 7.49. The number of hydrogen-bond donors (Lipinski definition) is 0. The molecule has 0 radical (unpaired) electrons. The summed E-state index contributed by atoms with van der Waals surface area (Å²) in [5.74, 6) is 1.25. The molecule has 0 bridgehead atoms. The van der Waals surface area contributed by atoms with Gasteiger partial charge >= 0.3 is 0 Å². The first-order valence-electron chi connectivity index (χ1n) is 5.98. The van der Waals surface area contributed by atoms with Crippen molar-refractivity contribution in [3.8, 4) is 0 Å². The minimum atomic E-state index is 0.521. The highest BCUT2D eigenvalue weighted by Crippen LogP contribution is 2.23. The van der Waals surface area contributed by atoms with Crippen LogP contribution in [0.15, 0.2) is 5.38 Å². The first-order valence-corrected chi connectivity index (χ1v) is 7.39. The van der Waals surface area contributed by atoms with Crippen LogP contribution in [0.2, 0.25) is 0 Å². The Morgan fingerprint density at radius 3 is 2.82 bits per heavy atom. The molecule has 96 valence electrons. The second kappa shape index (κ2) is 5.65. The monoisotopic (exact) mass is 273 g/mol. The number of halogens is 1. The maximum absolute atomic E-state index is 5.77. The summed E-state index contributed by atoms with van der Waals surface area (Å²) in [6.07, 6.45) is 0. The van der Waals surface area contributed by atoms with Gasteiger partial charge in [0.15, 0.2) is 0 Å². The summed E-state index contributed by atoms with van der Waals surface area (Å²) in [5.41, 5.74) is 1.00. The van der Waals surface area contributed by atoms with Crippen molar-refractivity contribution in [1.29, 1.82) is 0 Å². The molecule has 2 unspecified atom stereocenters. The van der Waals surface area contributed by atoms with E-state index >= 15 is 0 Å². The van der Waals surface area contributed by atoms with Crippen LogP contribution in [0, 0.1) is 5.92 Å². The molecule has 2 atom stereocenters. The number of hydrogen-bond acceptors (Lipinski definition) is 4. The summed E-state index contributed by atoms with van der Waals surface area (Å²) in [7, 11) is 4.33. The van der Waals surface area contributed by atoms with Crippen LogP contribution in [-0.2, 0) is 12.4 Å². The van der Waals surface area contributed by atoms with Gasteiger partial charge in [0.1, 0.15) is 5.01 Å². The molecule has 5 heteroatoms. The van der Waals surface area contributed by atoms with Crippen LogP contribution in [-0.4, -0.2) is 48.0 Å². The van der Waals surface area contributed by atoms with Gasteiger partial charge in [-0.2, -0.15) is 0 Å². The zero-order valence-electron chi connectivity index (χ0n) is 10.7. The SMILES string of the molecule is CC1CN(Cc2nc(CCl)cs2)CC1N(C)C. The molecule has 3 nitrogen and oxygen atoms in total. The largest absolute Gasteiger partial charge is 0.305 e. The summed E-state index contributed by atoms with van der Waals surface area (Å²) in [4.78, 5) is 9.34. The number of thiazole rings is 1. The molecule has 1 aromatic rings. The molecule has 0 spiro atoms. The molecule has 2 rings (SSSR count). The second-order valence-electron chi connectivity index (χ2n) is 5.07. The van der Waals surface area contributed by atoms with Crippen LogP contribution < -0.4 is 0 Å². The quantitative estimate of drug-likeness (QED) is 0.785. The van der Waals surface area contributed by atoms with E-state index in [0.29, 0.717) is 11.9 Å². The number of nitrogens with zero attached hydrogens (tertiary/aromatic N) is 3. The average molecular weight is 274 g/mol. The van der Waals surface area contributed by atoms with Gasteiger partial charge in [-0.1, -0.05) is 6.92 Å². The van der Waals surface area contributed by atoms with E-state index in [4.69, 9.17) is 11.6 Å². The van der Waals surface area contributed by atoms with Crippen molar-refractivity contribution < 1.29 is 0 Å². The van der Waals surface area contributed by atoms with E-state index in [2.05, 4.69) is 41.2 Å². The lowest BCUT2D eigenvalue weighted by Crippen LogP contribution is -2.34. The zero-order chi connectivity index (χ0) is 12.4. The maximum Gasteiger partial charge on any atom is 0.107 e. The maximum atomic E-state index is 5.77. The fraction of sp³-hybridized carbons (Fsp3) is 0.750. The summed E-state index contributed by atoms with van der Waals surface area (Å²) in [6.45, 7) is 5.61. The fourth-order valence-electron chi connectivity index (χ4n) is 2.52. The Hall–Kier alpha value is -0.160. The van der Waals surface area contributed by atoms with Crippen molar-refractivity contribution in [2.75, 3.05) is 27.2 Å². The van der Waals surface area contributed by atoms with Gasteiger partial charge in [0.25, 0.3) is 0 Å². The molecule has 0 aliphatic carbocycles. The Bertz CT molecular complexity index is 366. The molecule has 1 aliphatic heterocycles. The van der Waals surface area contributed by atoms with E-state index in [1.165, 1.54) is 11.6 Å². The van der Waals surface area contributed by atoms with Crippen LogP contribution in [0.25, 0.3) is 0 Å². The standard InChI is InChI=1S/C12H20ClN3S/c1-9-5-16(6-11(9)15(2)3)7-12-14-10(4-13)8-17-12/h8-9,11H,4-7H2,1-3H3. The van der Waals surface area contributed by atoms with Crippen LogP contribution in [0.3, 0.4) is 0 Å². The molecule has 1 aromatic heterocycles. The lowest BCUT2D eigenvalue weighted by atomic mass is 10.1. The van der Waals surface area contributed by atoms with Crippen LogP contribution in [0.1, 0.15) is 17.6 Å². The Labute approximate surface area is 112 Å². The Morgan fingerprint density at radius 2 is 2.29 bits per heavy atom. The molecule has 0 saturated carbocycles. The molecule has 17 heavy (non-hydrogen) atoms. The van der Waals surface area contributed by atoms with E-state index in [9.17, 15) is 0 Å². The third-order valence-corrected chi connectivity index (χ3v) is 4.56. The van der Waals surface area contributed by atoms with Crippen molar-refractivity contribution in [3.63, 3.8) is 0 Å². The number of aromatic nitrogens is 1. The van der Waals surface area contributed by atoms with Gasteiger partial charge in [-0.15, -0.1) is 22.9 Å². The lowest BCUT2D eigenvalue weighted by Gasteiger charge is -2.22. The smallest absolute Gasteiger partial charge is 0.107 e. The number of alkyl halides is 1. The molecule has 1 saturated heterocycles. The molecular formula is C12H20ClN3S. The molecule has 1 fully saturated rings. The van der Waals surface area contributed by atoms with Crippen molar-refractivity contribution >= 4 is 22.9 Å². The lowest BCUT2D eigenvalue weighted by molar-refractivity contribution is 0.250. The normalized spacial score (nSPS) is 25.9. The van der Waals surface area contributed by atoms with Crippen molar-refractivity contribution in [2.45, 2.75) is 25.4 Å². The van der Waals surface area contributed by atoms with Crippen molar-refractivity contribution in [2.24, 2.45) is 5.92 Å². The predicted molar refractivity (Wildman–Crippen MR) is 73.6 cm³/mol. The first kappa shape index (κ1) is 13.3. The highest BCUT2D eigenvalue weighted by Gasteiger charge is 2.31. The van der Waals surface area contributed by atoms with Gasteiger partial charge in [-0.25, -0.2) is 4.98 Å². The molecule has 1 aliphatic rings. The molecular weight excluding hydrogens is 254 g/mol. The van der Waals surface area contributed by atoms with E-state index in [1.807, 2.05) is 0 Å². The van der Waals surface area contributed by atoms with Gasteiger partial charge in [0, 0.05) is 24.5 Å². The summed E-state index contributed by atoms with van der Waals surface area (Å²) < 4.78 is 0. The van der Waals surface area contributed by atoms with E-state index in [-0.39, 0.29) is 0 Å². The summed E-state index contributed by atoms with van der Waals surface area (Å²) in [5, 5.41) is 3.25. The highest BCUT2D eigenvalue weighted by atomic mass is 35.5. The Balaban J connectivity index is 1.92. The highest BCUT2D eigenvalue weighted by molar-refractivity contribution is 7.09. The third kappa shape index (κ3) is 3.19. The first-order chi connectivity index (χ1) is 8.10. The third-order valence-electron chi connectivity index (χ3n) is 3.41. The van der Waals surface area contributed by atoms with Crippen LogP contribution in [0.4, 0.5) is 0 Å². The Morgan fingerprint density at radius 1 is 1.53 bits per heavy atom.